The van der Waals surface area contributed by atoms with Gasteiger partial charge in [-0.2, -0.15) is 0 Å². The number of hydrogen-bond donors (Lipinski definition) is 3. The summed E-state index contributed by atoms with van der Waals surface area (Å²) in [7, 11) is 1.82. The summed E-state index contributed by atoms with van der Waals surface area (Å²) < 4.78 is 0.828. The molecule has 0 saturated carbocycles. The molecule has 90 valence electrons. The predicted molar refractivity (Wildman–Crippen MR) is 68.4 cm³/mol. The van der Waals surface area contributed by atoms with Crippen molar-refractivity contribution in [2.75, 3.05) is 13.6 Å². The van der Waals surface area contributed by atoms with Gasteiger partial charge in [0.15, 0.2) is 0 Å². The number of hydrogen-bond acceptors (Lipinski definition) is 3. The highest BCUT2D eigenvalue weighted by molar-refractivity contribution is 9.10. The number of benzene rings is 1. The lowest BCUT2D eigenvalue weighted by atomic mass is 10.0. The van der Waals surface area contributed by atoms with E-state index in [4.69, 9.17) is 0 Å². The second-order valence-electron chi connectivity index (χ2n) is 3.93. The van der Waals surface area contributed by atoms with Gasteiger partial charge in [-0.15, -0.1) is 0 Å². The third kappa shape index (κ3) is 3.56. The molecule has 0 heterocycles. The Morgan fingerprint density at radius 2 is 2.06 bits per heavy atom. The maximum Gasteiger partial charge on any atom is 0.106 e. The van der Waals surface area contributed by atoms with Crippen molar-refractivity contribution in [1.82, 2.24) is 5.32 Å². The summed E-state index contributed by atoms with van der Waals surface area (Å²) in [5.74, 6) is 0. The number of aryl methyl sites for hydroxylation is 1. The molecule has 16 heavy (non-hydrogen) atoms. The van der Waals surface area contributed by atoms with Gasteiger partial charge < -0.3 is 15.5 Å². The molecule has 0 saturated heterocycles. The van der Waals surface area contributed by atoms with Crippen molar-refractivity contribution in [2.24, 2.45) is 0 Å². The van der Waals surface area contributed by atoms with E-state index in [1.807, 2.05) is 32.2 Å². The lowest BCUT2D eigenvalue weighted by Crippen LogP contribution is -2.23. The van der Waals surface area contributed by atoms with Gasteiger partial charge in [0.2, 0.25) is 0 Å². The van der Waals surface area contributed by atoms with Crippen molar-refractivity contribution >= 4 is 15.9 Å². The van der Waals surface area contributed by atoms with Gasteiger partial charge in [-0.1, -0.05) is 33.6 Å². The lowest BCUT2D eigenvalue weighted by Gasteiger charge is -2.19. The summed E-state index contributed by atoms with van der Waals surface area (Å²) in [4.78, 5) is 0. The average Bonchev–Trinajstić information content (AvgIpc) is 2.28. The van der Waals surface area contributed by atoms with Crippen LogP contribution in [0.1, 0.15) is 23.7 Å². The monoisotopic (exact) mass is 287 g/mol. The van der Waals surface area contributed by atoms with E-state index in [9.17, 15) is 10.2 Å². The first-order valence-corrected chi connectivity index (χ1v) is 6.12. The van der Waals surface area contributed by atoms with Gasteiger partial charge in [-0.05, 0) is 38.6 Å². The standard InChI is InChI=1S/C12H18BrNO2/c1-8-3-4-10(13)9(7-8)12(16)11(15)5-6-14-2/h3-4,7,11-12,14-16H,5-6H2,1-2H3. The minimum absolute atomic E-state index is 0.526. The molecule has 2 unspecified atom stereocenters. The summed E-state index contributed by atoms with van der Waals surface area (Å²) in [5, 5.41) is 22.8. The van der Waals surface area contributed by atoms with Crippen LogP contribution >= 0.6 is 15.9 Å². The fourth-order valence-corrected chi connectivity index (χ4v) is 2.03. The van der Waals surface area contributed by atoms with Crippen LogP contribution in [0, 0.1) is 6.92 Å². The largest absolute Gasteiger partial charge is 0.390 e. The maximum absolute atomic E-state index is 10.0. The van der Waals surface area contributed by atoms with Crippen LogP contribution in [0.2, 0.25) is 0 Å². The summed E-state index contributed by atoms with van der Waals surface area (Å²) in [6.07, 6.45) is -1.06. The first-order chi connectivity index (χ1) is 7.56. The van der Waals surface area contributed by atoms with Crippen molar-refractivity contribution in [3.8, 4) is 0 Å². The molecule has 3 N–H and O–H groups in total. The molecule has 0 bridgehead atoms. The Balaban J connectivity index is 2.78. The number of aliphatic hydroxyl groups is 2. The zero-order chi connectivity index (χ0) is 12.1. The minimum Gasteiger partial charge on any atom is -0.390 e. The SMILES string of the molecule is CNCCC(O)C(O)c1cc(C)ccc1Br. The van der Waals surface area contributed by atoms with Gasteiger partial charge in [-0.3, -0.25) is 0 Å². The molecule has 4 heteroatoms. The average molecular weight is 288 g/mol. The van der Waals surface area contributed by atoms with Crippen LogP contribution in [0.25, 0.3) is 0 Å². The lowest BCUT2D eigenvalue weighted by molar-refractivity contribution is 0.0136. The molecule has 0 aliphatic heterocycles. The first kappa shape index (κ1) is 13.6. The Morgan fingerprint density at radius 3 is 2.69 bits per heavy atom. The van der Waals surface area contributed by atoms with Gasteiger partial charge in [0.25, 0.3) is 0 Å². The van der Waals surface area contributed by atoms with Gasteiger partial charge in [0, 0.05) is 4.47 Å². The van der Waals surface area contributed by atoms with Crippen LogP contribution in [0.5, 0.6) is 0 Å². The molecule has 1 aromatic carbocycles. The Bertz CT molecular complexity index is 344. The first-order valence-electron chi connectivity index (χ1n) is 5.33. The van der Waals surface area contributed by atoms with E-state index in [-0.39, 0.29) is 0 Å². The van der Waals surface area contributed by atoms with Crippen LogP contribution in [0.3, 0.4) is 0 Å². The molecule has 3 nitrogen and oxygen atoms in total. The van der Waals surface area contributed by atoms with E-state index >= 15 is 0 Å². The molecule has 0 radical (unpaired) electrons. The summed E-state index contributed by atoms with van der Waals surface area (Å²) >= 11 is 3.38. The van der Waals surface area contributed by atoms with E-state index < -0.39 is 12.2 Å². The summed E-state index contributed by atoms with van der Waals surface area (Å²) in [5.41, 5.74) is 1.81. The third-order valence-corrected chi connectivity index (χ3v) is 3.25. The fraction of sp³-hybridized carbons (Fsp3) is 0.500. The number of halogens is 1. The zero-order valence-corrected chi connectivity index (χ0v) is 11.2. The molecule has 0 amide bonds. The van der Waals surface area contributed by atoms with Crippen molar-refractivity contribution in [2.45, 2.75) is 25.6 Å². The highest BCUT2D eigenvalue weighted by Crippen LogP contribution is 2.27. The smallest absolute Gasteiger partial charge is 0.106 e. The van der Waals surface area contributed by atoms with E-state index in [1.54, 1.807) is 0 Å². The van der Waals surface area contributed by atoms with E-state index in [1.165, 1.54) is 0 Å². The summed E-state index contributed by atoms with van der Waals surface area (Å²) in [6.45, 7) is 2.64. The topological polar surface area (TPSA) is 52.5 Å². The Kier molecular flexibility index (Phi) is 5.41. The van der Waals surface area contributed by atoms with Crippen molar-refractivity contribution in [1.29, 1.82) is 0 Å². The van der Waals surface area contributed by atoms with Gasteiger partial charge in [-0.25, -0.2) is 0 Å². The molecule has 1 aromatic rings. The van der Waals surface area contributed by atoms with Gasteiger partial charge in [0.05, 0.1) is 6.10 Å². The molecule has 2 atom stereocenters. The second-order valence-corrected chi connectivity index (χ2v) is 4.78. The van der Waals surface area contributed by atoms with E-state index in [0.29, 0.717) is 13.0 Å². The van der Waals surface area contributed by atoms with E-state index in [2.05, 4.69) is 21.2 Å². The van der Waals surface area contributed by atoms with Crippen molar-refractivity contribution in [3.05, 3.63) is 33.8 Å². The predicted octanol–water partition coefficient (Wildman–Crippen LogP) is 1.76. The molecule has 0 fully saturated rings. The number of aliphatic hydroxyl groups excluding tert-OH is 2. The number of rotatable bonds is 5. The quantitative estimate of drug-likeness (QED) is 0.774. The molecule has 0 aliphatic rings. The summed E-state index contributed by atoms with van der Waals surface area (Å²) in [6, 6.07) is 5.73. The fourth-order valence-electron chi connectivity index (χ4n) is 1.55. The van der Waals surface area contributed by atoms with Crippen LogP contribution < -0.4 is 5.32 Å². The van der Waals surface area contributed by atoms with Gasteiger partial charge in [0.1, 0.15) is 6.10 Å². The maximum atomic E-state index is 10.0. The van der Waals surface area contributed by atoms with Crippen molar-refractivity contribution < 1.29 is 10.2 Å². The number of nitrogens with one attached hydrogen (secondary N) is 1. The highest BCUT2D eigenvalue weighted by Gasteiger charge is 2.20. The molecule has 1 rings (SSSR count). The third-order valence-electron chi connectivity index (χ3n) is 2.52. The molecular formula is C12H18BrNO2. The second kappa shape index (κ2) is 6.35. The van der Waals surface area contributed by atoms with Crippen LogP contribution in [-0.4, -0.2) is 29.9 Å². The van der Waals surface area contributed by atoms with Crippen molar-refractivity contribution in [3.63, 3.8) is 0 Å². The molecule has 0 aromatic heterocycles. The van der Waals surface area contributed by atoms with Crippen LogP contribution in [0.15, 0.2) is 22.7 Å². The zero-order valence-electron chi connectivity index (χ0n) is 9.57. The minimum atomic E-state index is -0.845. The normalized spacial score (nSPS) is 14.8. The van der Waals surface area contributed by atoms with Gasteiger partial charge >= 0.3 is 0 Å². The highest BCUT2D eigenvalue weighted by atomic mass is 79.9. The molecular weight excluding hydrogens is 270 g/mol. The van der Waals surface area contributed by atoms with Crippen LogP contribution in [0.4, 0.5) is 0 Å². The molecule has 0 aliphatic carbocycles. The Morgan fingerprint density at radius 1 is 1.38 bits per heavy atom. The Labute approximate surface area is 105 Å². The van der Waals surface area contributed by atoms with E-state index in [0.717, 1.165) is 15.6 Å². The van der Waals surface area contributed by atoms with Crippen LogP contribution in [-0.2, 0) is 0 Å². The molecule has 0 spiro atoms. The Hall–Kier alpha value is -0.420.